The highest BCUT2D eigenvalue weighted by atomic mass is 16.5. The lowest BCUT2D eigenvalue weighted by Crippen LogP contribution is -2.59. The van der Waals surface area contributed by atoms with Crippen molar-refractivity contribution >= 4 is 57.2 Å². The molecule has 0 atom stereocenters. The fourth-order valence-corrected chi connectivity index (χ4v) is 9.96. The summed E-state index contributed by atoms with van der Waals surface area (Å²) in [6, 6.07) is 89.5. The van der Waals surface area contributed by atoms with Crippen molar-refractivity contribution in [2.75, 3.05) is 9.80 Å². The van der Waals surface area contributed by atoms with E-state index in [-0.39, 0.29) is 6.71 Å². The van der Waals surface area contributed by atoms with Crippen LogP contribution in [0, 0.1) is 0 Å². The molecule has 10 aromatic carbocycles. The van der Waals surface area contributed by atoms with Crippen LogP contribution in [0.1, 0.15) is 0 Å². The number of para-hydroxylation sites is 5. The minimum Gasteiger partial charge on any atom is -0.458 e. The molecule has 4 heteroatoms. The number of nitrogens with zero attached hydrogens (tertiary/aromatic N) is 2. The molecule has 0 amide bonds. The first kappa shape index (κ1) is 37.4. The monoisotopic (exact) mass is 816 g/mol. The first-order valence-corrected chi connectivity index (χ1v) is 22.0. The molecule has 0 saturated heterocycles. The van der Waals surface area contributed by atoms with Crippen molar-refractivity contribution in [3.05, 3.63) is 249 Å². The highest BCUT2D eigenvalue weighted by Crippen LogP contribution is 2.52. The molecule has 2 heterocycles. The van der Waals surface area contributed by atoms with Crippen molar-refractivity contribution in [1.29, 1.82) is 0 Å². The molecular formula is C60H41BN2O. The lowest BCUT2D eigenvalue weighted by atomic mass is 9.34. The molecule has 2 aliphatic heterocycles. The lowest BCUT2D eigenvalue weighted by molar-refractivity contribution is 0.487. The minimum atomic E-state index is -0.0535. The van der Waals surface area contributed by atoms with Crippen LogP contribution in [0.3, 0.4) is 0 Å². The molecule has 0 aromatic heterocycles. The molecule has 0 radical (unpaired) electrons. The van der Waals surface area contributed by atoms with Gasteiger partial charge >= 0.3 is 0 Å². The third-order valence-electron chi connectivity index (χ3n) is 12.7. The maximum atomic E-state index is 7.19. The third-order valence-corrected chi connectivity index (χ3v) is 12.7. The second-order valence-corrected chi connectivity index (χ2v) is 16.4. The van der Waals surface area contributed by atoms with Gasteiger partial charge in [-0.25, -0.2) is 0 Å². The molecule has 300 valence electrons. The average molecular weight is 817 g/mol. The van der Waals surface area contributed by atoms with Gasteiger partial charge in [0.2, 0.25) is 0 Å². The zero-order valence-corrected chi connectivity index (χ0v) is 35.1. The highest BCUT2D eigenvalue weighted by molar-refractivity contribution is 6.99. The van der Waals surface area contributed by atoms with E-state index in [1.165, 1.54) is 5.46 Å². The molecule has 12 rings (SSSR count). The summed E-state index contributed by atoms with van der Waals surface area (Å²) < 4.78 is 7.19. The molecule has 0 fully saturated rings. The summed E-state index contributed by atoms with van der Waals surface area (Å²) >= 11 is 0. The minimum absolute atomic E-state index is 0.0535. The Labute approximate surface area is 374 Å². The molecule has 0 spiro atoms. The van der Waals surface area contributed by atoms with E-state index in [4.69, 9.17) is 4.74 Å². The van der Waals surface area contributed by atoms with Gasteiger partial charge in [-0.1, -0.05) is 212 Å². The summed E-state index contributed by atoms with van der Waals surface area (Å²) in [5, 5.41) is 0. The summed E-state index contributed by atoms with van der Waals surface area (Å²) in [6.07, 6.45) is 0. The average Bonchev–Trinajstić information content (AvgIpc) is 3.37. The molecule has 2 aliphatic rings. The van der Waals surface area contributed by atoms with Gasteiger partial charge in [0.15, 0.2) is 0 Å². The van der Waals surface area contributed by atoms with Crippen LogP contribution in [0.25, 0.3) is 44.5 Å². The second-order valence-electron chi connectivity index (χ2n) is 16.4. The predicted molar refractivity (Wildman–Crippen MR) is 269 cm³/mol. The van der Waals surface area contributed by atoms with Crippen LogP contribution in [0.4, 0.5) is 34.1 Å². The van der Waals surface area contributed by atoms with Crippen LogP contribution < -0.4 is 30.9 Å². The number of rotatable bonds is 8. The third kappa shape index (κ3) is 6.30. The van der Waals surface area contributed by atoms with Gasteiger partial charge in [0.1, 0.15) is 11.5 Å². The molecule has 64 heavy (non-hydrogen) atoms. The maximum absolute atomic E-state index is 7.19. The normalized spacial score (nSPS) is 12.1. The van der Waals surface area contributed by atoms with Crippen molar-refractivity contribution in [3.8, 4) is 56.0 Å². The van der Waals surface area contributed by atoms with E-state index in [2.05, 4.69) is 259 Å². The molecular weight excluding hydrogens is 775 g/mol. The number of fused-ring (bicyclic) bond motifs is 4. The molecule has 10 aromatic rings. The van der Waals surface area contributed by atoms with E-state index in [1.54, 1.807) is 0 Å². The van der Waals surface area contributed by atoms with Crippen LogP contribution in [-0.2, 0) is 0 Å². The Morgan fingerprint density at radius 2 is 0.797 bits per heavy atom. The standard InChI is InChI=1S/C60H41BN2O/c1-6-22-42(23-7-1)48-32-20-33-49(43-24-8-2-9-25-43)59(48)62(46-30-14-5-15-31-46)47-40-55-58-57(41-47)64-56-39-19-17-37-53(56)61(58)52-36-16-18-38-54(52)63(55)60-50(44-26-10-3-11-27-44)34-21-35-51(60)45-28-12-4-13-29-45/h1-41H. The fraction of sp³-hybridized carbons (Fsp3) is 0. The van der Waals surface area contributed by atoms with Crippen molar-refractivity contribution in [1.82, 2.24) is 0 Å². The van der Waals surface area contributed by atoms with Gasteiger partial charge in [0, 0.05) is 45.4 Å². The fourth-order valence-electron chi connectivity index (χ4n) is 9.96. The molecule has 0 aliphatic carbocycles. The Hall–Kier alpha value is -8.34. The molecule has 3 nitrogen and oxygen atoms in total. The van der Waals surface area contributed by atoms with Crippen LogP contribution in [0.15, 0.2) is 249 Å². The second kappa shape index (κ2) is 15.8. The van der Waals surface area contributed by atoms with Crippen LogP contribution in [0.2, 0.25) is 0 Å². The summed E-state index contributed by atoms with van der Waals surface area (Å²) in [5.41, 5.74) is 19.1. The van der Waals surface area contributed by atoms with E-state index in [9.17, 15) is 0 Å². The van der Waals surface area contributed by atoms with Crippen LogP contribution in [0.5, 0.6) is 11.5 Å². The number of anilines is 6. The Morgan fingerprint density at radius 3 is 1.36 bits per heavy atom. The van der Waals surface area contributed by atoms with Gasteiger partial charge < -0.3 is 14.5 Å². The first-order chi connectivity index (χ1) is 31.8. The van der Waals surface area contributed by atoms with E-state index < -0.39 is 0 Å². The van der Waals surface area contributed by atoms with Gasteiger partial charge in [-0.15, -0.1) is 0 Å². The maximum Gasteiger partial charge on any atom is 0.256 e. The Morgan fingerprint density at radius 1 is 0.344 bits per heavy atom. The molecule has 0 N–H and O–H groups in total. The largest absolute Gasteiger partial charge is 0.458 e. The topological polar surface area (TPSA) is 15.7 Å². The zero-order chi connectivity index (χ0) is 42.4. The summed E-state index contributed by atoms with van der Waals surface area (Å²) in [7, 11) is 0. The van der Waals surface area contributed by atoms with Crippen molar-refractivity contribution in [2.24, 2.45) is 0 Å². The van der Waals surface area contributed by atoms with Gasteiger partial charge in [-0.3, -0.25) is 0 Å². The van der Waals surface area contributed by atoms with Crippen molar-refractivity contribution in [2.45, 2.75) is 0 Å². The number of hydrogen-bond donors (Lipinski definition) is 0. The predicted octanol–water partition coefficient (Wildman–Crippen LogP) is 14.2. The quantitative estimate of drug-likeness (QED) is 0.142. The van der Waals surface area contributed by atoms with E-state index >= 15 is 0 Å². The Bertz CT molecular complexity index is 3190. The van der Waals surface area contributed by atoms with Crippen molar-refractivity contribution in [3.63, 3.8) is 0 Å². The van der Waals surface area contributed by atoms with Crippen LogP contribution >= 0.6 is 0 Å². The van der Waals surface area contributed by atoms with Gasteiger partial charge in [-0.2, -0.15) is 0 Å². The molecule has 0 unspecified atom stereocenters. The Kier molecular flexibility index (Phi) is 9.27. The summed E-state index contributed by atoms with van der Waals surface area (Å²) in [5.74, 6) is 1.72. The van der Waals surface area contributed by atoms with Crippen molar-refractivity contribution < 1.29 is 4.74 Å². The zero-order valence-electron chi connectivity index (χ0n) is 35.1. The number of hydrogen-bond acceptors (Lipinski definition) is 3. The number of ether oxygens (including phenoxy) is 1. The van der Waals surface area contributed by atoms with E-state index in [0.717, 1.165) is 101 Å². The van der Waals surface area contributed by atoms with E-state index in [0.29, 0.717) is 0 Å². The van der Waals surface area contributed by atoms with Gasteiger partial charge in [0.25, 0.3) is 6.71 Å². The first-order valence-electron chi connectivity index (χ1n) is 22.0. The lowest BCUT2D eigenvalue weighted by Gasteiger charge is -2.42. The Balaban J connectivity index is 1.21. The van der Waals surface area contributed by atoms with E-state index in [1.807, 2.05) is 0 Å². The van der Waals surface area contributed by atoms with Gasteiger partial charge in [0.05, 0.1) is 17.1 Å². The van der Waals surface area contributed by atoms with Crippen LogP contribution in [-0.4, -0.2) is 6.71 Å². The van der Waals surface area contributed by atoms with Gasteiger partial charge in [-0.05, 0) is 69.0 Å². The number of benzene rings is 10. The highest BCUT2D eigenvalue weighted by Gasteiger charge is 2.43. The molecule has 0 bridgehead atoms. The smallest absolute Gasteiger partial charge is 0.256 e. The summed E-state index contributed by atoms with van der Waals surface area (Å²) in [4.78, 5) is 4.97. The SMILES string of the molecule is c1ccc(-c2cccc(-c3ccccc3)c2N(c2ccccc2)c2cc3c4c(c2)N(c2c(-c5ccccc5)cccc2-c2ccccc2)c2ccccc2B4c2ccccc2O3)cc1. The molecule has 0 saturated carbocycles. The summed E-state index contributed by atoms with van der Waals surface area (Å²) in [6.45, 7) is -0.0535.